The number of hydrogen-bond donors (Lipinski definition) is 1. The molecule has 0 radical (unpaired) electrons. The monoisotopic (exact) mass is 382 g/mol. The number of benzene rings is 2. The van der Waals surface area contributed by atoms with E-state index in [2.05, 4.69) is 5.48 Å². The molecule has 6 heteroatoms. The van der Waals surface area contributed by atoms with Crippen LogP contribution in [0.5, 0.6) is 0 Å². The van der Waals surface area contributed by atoms with E-state index in [1.807, 2.05) is 30.3 Å². The zero-order chi connectivity index (χ0) is 19.8. The van der Waals surface area contributed by atoms with Crippen molar-refractivity contribution in [3.8, 4) is 0 Å². The standard InChI is InChI=1S/C22H26N2O4/c1-24(16-18-7-3-2-4-8-18)22(26)19-12-10-17(11-13-19)15-20(25)23-28-21-9-5-6-14-27-21/h2-4,7-8,10-13,21H,5-6,9,14-16H2,1H3,(H,23,25). The average molecular weight is 382 g/mol. The first-order chi connectivity index (χ1) is 13.6. The van der Waals surface area contributed by atoms with Crippen molar-refractivity contribution in [2.75, 3.05) is 13.7 Å². The molecule has 1 saturated heterocycles. The largest absolute Gasteiger partial charge is 0.350 e. The maximum Gasteiger partial charge on any atom is 0.253 e. The predicted octanol–water partition coefficient (Wildman–Crippen LogP) is 3.08. The molecule has 0 aliphatic carbocycles. The van der Waals surface area contributed by atoms with Crippen molar-refractivity contribution < 1.29 is 19.2 Å². The minimum absolute atomic E-state index is 0.0577. The third-order valence-electron chi connectivity index (χ3n) is 4.62. The number of carbonyl (C=O) groups excluding carboxylic acids is 2. The summed E-state index contributed by atoms with van der Waals surface area (Å²) in [5, 5.41) is 0. The van der Waals surface area contributed by atoms with Gasteiger partial charge in [0.15, 0.2) is 6.29 Å². The van der Waals surface area contributed by atoms with Crippen LogP contribution in [-0.4, -0.2) is 36.7 Å². The zero-order valence-electron chi connectivity index (χ0n) is 16.1. The fourth-order valence-electron chi connectivity index (χ4n) is 3.07. The molecule has 1 atom stereocenters. The van der Waals surface area contributed by atoms with E-state index in [9.17, 15) is 9.59 Å². The van der Waals surface area contributed by atoms with E-state index in [0.29, 0.717) is 18.7 Å². The molecular formula is C22H26N2O4. The van der Waals surface area contributed by atoms with E-state index in [1.165, 1.54) is 0 Å². The minimum Gasteiger partial charge on any atom is -0.350 e. The van der Waals surface area contributed by atoms with E-state index in [-0.39, 0.29) is 24.5 Å². The van der Waals surface area contributed by atoms with Gasteiger partial charge in [0.1, 0.15) is 0 Å². The van der Waals surface area contributed by atoms with Gasteiger partial charge in [-0.2, -0.15) is 0 Å². The second kappa shape index (κ2) is 10.0. The van der Waals surface area contributed by atoms with Gasteiger partial charge in [-0.05, 0) is 36.1 Å². The van der Waals surface area contributed by atoms with Gasteiger partial charge in [-0.15, -0.1) is 0 Å². The molecule has 1 N–H and O–H groups in total. The van der Waals surface area contributed by atoms with Crippen molar-refractivity contribution in [2.24, 2.45) is 0 Å². The Bertz CT molecular complexity index is 771. The number of rotatable bonds is 7. The van der Waals surface area contributed by atoms with Crippen molar-refractivity contribution in [1.29, 1.82) is 0 Å². The molecule has 0 spiro atoms. The van der Waals surface area contributed by atoms with Gasteiger partial charge in [-0.3, -0.25) is 9.59 Å². The first-order valence-electron chi connectivity index (χ1n) is 9.56. The molecule has 0 saturated carbocycles. The first kappa shape index (κ1) is 20.0. The Kier molecular flexibility index (Phi) is 7.17. The highest BCUT2D eigenvalue weighted by Gasteiger charge is 2.16. The van der Waals surface area contributed by atoms with Crippen LogP contribution in [-0.2, 0) is 27.3 Å². The van der Waals surface area contributed by atoms with Crippen LogP contribution in [0.25, 0.3) is 0 Å². The van der Waals surface area contributed by atoms with Crippen molar-refractivity contribution >= 4 is 11.8 Å². The first-order valence-corrected chi connectivity index (χ1v) is 9.56. The second-order valence-electron chi connectivity index (χ2n) is 6.96. The highest BCUT2D eigenvalue weighted by Crippen LogP contribution is 2.13. The SMILES string of the molecule is CN(Cc1ccccc1)C(=O)c1ccc(CC(=O)NOC2CCCCO2)cc1. The van der Waals surface area contributed by atoms with Gasteiger partial charge >= 0.3 is 0 Å². The van der Waals surface area contributed by atoms with E-state index in [1.54, 1.807) is 36.2 Å². The van der Waals surface area contributed by atoms with Gasteiger partial charge in [-0.25, -0.2) is 10.3 Å². The molecule has 1 unspecified atom stereocenters. The fourth-order valence-corrected chi connectivity index (χ4v) is 3.07. The molecular weight excluding hydrogens is 356 g/mol. The summed E-state index contributed by atoms with van der Waals surface area (Å²) in [5.74, 6) is -0.299. The summed E-state index contributed by atoms with van der Waals surface area (Å²) in [6.07, 6.45) is 2.67. The topological polar surface area (TPSA) is 67.9 Å². The Labute approximate surface area is 165 Å². The van der Waals surface area contributed by atoms with E-state index >= 15 is 0 Å². The number of nitrogens with one attached hydrogen (secondary N) is 1. The van der Waals surface area contributed by atoms with Crippen LogP contribution in [0.2, 0.25) is 0 Å². The molecule has 2 aromatic rings. The van der Waals surface area contributed by atoms with Crippen molar-refractivity contribution in [2.45, 2.75) is 38.5 Å². The summed E-state index contributed by atoms with van der Waals surface area (Å²) in [6, 6.07) is 16.9. The molecule has 0 bridgehead atoms. The summed E-state index contributed by atoms with van der Waals surface area (Å²) in [7, 11) is 1.78. The summed E-state index contributed by atoms with van der Waals surface area (Å²) < 4.78 is 5.41. The lowest BCUT2D eigenvalue weighted by Gasteiger charge is -2.22. The van der Waals surface area contributed by atoms with Crippen LogP contribution in [0, 0.1) is 0 Å². The lowest BCUT2D eigenvalue weighted by Crippen LogP contribution is -2.33. The molecule has 1 aliphatic heterocycles. The minimum atomic E-state index is -0.363. The van der Waals surface area contributed by atoms with Gasteiger partial charge in [0.25, 0.3) is 5.91 Å². The van der Waals surface area contributed by atoms with Crippen molar-refractivity contribution in [3.05, 3.63) is 71.3 Å². The number of nitrogens with zero attached hydrogens (tertiary/aromatic N) is 1. The molecule has 1 heterocycles. The van der Waals surface area contributed by atoms with Crippen LogP contribution in [0.3, 0.4) is 0 Å². The average Bonchev–Trinajstić information content (AvgIpc) is 2.74. The zero-order valence-corrected chi connectivity index (χ0v) is 16.1. The Balaban J connectivity index is 1.48. The summed E-state index contributed by atoms with van der Waals surface area (Å²) in [5.41, 5.74) is 4.93. The van der Waals surface area contributed by atoms with Gasteiger partial charge in [-0.1, -0.05) is 42.5 Å². The summed E-state index contributed by atoms with van der Waals surface area (Å²) in [6.45, 7) is 1.21. The quantitative estimate of drug-likeness (QED) is 0.748. The smallest absolute Gasteiger partial charge is 0.253 e. The van der Waals surface area contributed by atoms with Crippen LogP contribution in [0.4, 0.5) is 0 Å². The number of carbonyl (C=O) groups is 2. The Morgan fingerprint density at radius 2 is 1.82 bits per heavy atom. The Morgan fingerprint density at radius 3 is 2.50 bits per heavy atom. The van der Waals surface area contributed by atoms with Gasteiger partial charge < -0.3 is 9.64 Å². The van der Waals surface area contributed by atoms with Crippen LogP contribution in [0.15, 0.2) is 54.6 Å². The lowest BCUT2D eigenvalue weighted by molar-refractivity contribution is -0.200. The fraction of sp³-hybridized carbons (Fsp3) is 0.364. The van der Waals surface area contributed by atoms with E-state index < -0.39 is 0 Å². The summed E-state index contributed by atoms with van der Waals surface area (Å²) in [4.78, 5) is 31.6. The highest BCUT2D eigenvalue weighted by atomic mass is 16.8. The molecule has 2 amide bonds. The maximum atomic E-state index is 12.6. The maximum absolute atomic E-state index is 12.6. The molecule has 2 aromatic carbocycles. The Hall–Kier alpha value is -2.70. The molecule has 6 nitrogen and oxygen atoms in total. The van der Waals surface area contributed by atoms with Gasteiger partial charge in [0.2, 0.25) is 5.91 Å². The van der Waals surface area contributed by atoms with Crippen LogP contribution >= 0.6 is 0 Å². The Morgan fingerprint density at radius 1 is 1.07 bits per heavy atom. The third-order valence-corrected chi connectivity index (χ3v) is 4.62. The summed E-state index contributed by atoms with van der Waals surface area (Å²) >= 11 is 0. The molecule has 1 aliphatic rings. The molecule has 3 rings (SSSR count). The molecule has 28 heavy (non-hydrogen) atoms. The third kappa shape index (κ3) is 5.90. The highest BCUT2D eigenvalue weighted by molar-refractivity contribution is 5.94. The number of hydrogen-bond acceptors (Lipinski definition) is 4. The van der Waals surface area contributed by atoms with E-state index in [0.717, 1.165) is 30.4 Å². The normalized spacial score (nSPS) is 16.4. The molecule has 0 aromatic heterocycles. The number of ether oxygens (including phenoxy) is 1. The lowest BCUT2D eigenvalue weighted by atomic mass is 10.1. The molecule has 148 valence electrons. The second-order valence-corrected chi connectivity index (χ2v) is 6.96. The van der Waals surface area contributed by atoms with Gasteiger partial charge in [0.05, 0.1) is 6.42 Å². The van der Waals surface area contributed by atoms with Gasteiger partial charge in [0, 0.05) is 32.2 Å². The van der Waals surface area contributed by atoms with Crippen LogP contribution in [0.1, 0.15) is 40.7 Å². The van der Waals surface area contributed by atoms with Crippen molar-refractivity contribution in [3.63, 3.8) is 0 Å². The van der Waals surface area contributed by atoms with E-state index in [4.69, 9.17) is 9.57 Å². The van der Waals surface area contributed by atoms with Crippen molar-refractivity contribution in [1.82, 2.24) is 10.4 Å². The number of amides is 2. The molecule has 1 fully saturated rings. The van der Waals surface area contributed by atoms with Crippen LogP contribution < -0.4 is 5.48 Å². The number of hydroxylamine groups is 1. The predicted molar refractivity (Wildman–Crippen MR) is 105 cm³/mol.